The molecule has 2 aromatic heterocycles. The van der Waals surface area contributed by atoms with E-state index in [0.29, 0.717) is 31.7 Å². The normalized spacial score (nSPS) is 18.5. The van der Waals surface area contributed by atoms with Gasteiger partial charge in [-0.2, -0.15) is 0 Å². The Hall–Kier alpha value is -2.48. The molecule has 26 heavy (non-hydrogen) atoms. The first kappa shape index (κ1) is 17.0. The van der Waals surface area contributed by atoms with E-state index in [4.69, 9.17) is 0 Å². The molecule has 2 fully saturated rings. The highest BCUT2D eigenvalue weighted by Crippen LogP contribution is 2.43. The average Bonchev–Trinajstić information content (AvgIpc) is 3.42. The lowest BCUT2D eigenvalue weighted by Gasteiger charge is -2.34. The van der Waals surface area contributed by atoms with Crippen LogP contribution in [0.2, 0.25) is 0 Å². The van der Waals surface area contributed by atoms with E-state index in [1.807, 2.05) is 7.05 Å². The number of carboxylic acids is 1. The fraction of sp³-hybridized carbons (Fsp3) is 0.444. The molecule has 1 saturated carbocycles. The van der Waals surface area contributed by atoms with Gasteiger partial charge in [-0.05, 0) is 37.4 Å². The van der Waals surface area contributed by atoms with Gasteiger partial charge in [-0.1, -0.05) is 0 Å². The molecule has 2 aromatic rings. The predicted octanol–water partition coefficient (Wildman–Crippen LogP) is 1.91. The van der Waals surface area contributed by atoms with Crippen LogP contribution in [0.4, 0.5) is 14.5 Å². The van der Waals surface area contributed by atoms with Crippen LogP contribution in [0, 0.1) is 11.6 Å². The quantitative estimate of drug-likeness (QED) is 0.902. The first-order chi connectivity index (χ1) is 12.4. The minimum Gasteiger partial charge on any atom is -0.477 e. The number of hydrogen-bond donors (Lipinski definition) is 1. The van der Waals surface area contributed by atoms with Crippen molar-refractivity contribution in [3.8, 4) is 0 Å². The summed E-state index contributed by atoms with van der Waals surface area (Å²) in [7, 11) is 1.95. The van der Waals surface area contributed by atoms with E-state index in [1.165, 1.54) is 6.07 Å². The molecular formula is C18H19F2N3O3. The van der Waals surface area contributed by atoms with Crippen molar-refractivity contribution in [2.24, 2.45) is 0 Å². The van der Waals surface area contributed by atoms with Gasteiger partial charge in [-0.25, -0.2) is 13.6 Å². The smallest absolute Gasteiger partial charge is 0.341 e. The summed E-state index contributed by atoms with van der Waals surface area (Å²) in [5.41, 5.74) is -1.05. The summed E-state index contributed by atoms with van der Waals surface area (Å²) in [6.07, 6.45) is 2.52. The molecule has 0 radical (unpaired) electrons. The topological polar surface area (TPSA) is 65.3 Å². The average molecular weight is 363 g/mol. The highest BCUT2D eigenvalue weighted by atomic mass is 19.1. The standard InChI is InChI=1S/C18H19F2N3O3/c1-21-4-6-22(7-5-21)16-13(19)9-23-15(14(16)20)11(10-2-3-10)8-12(17(23)24)18(25)26/h8-10H,2-7H2,1H3,(H,25,26). The Kier molecular flexibility index (Phi) is 3.95. The third-order valence-corrected chi connectivity index (χ3v) is 5.21. The molecule has 4 rings (SSSR count). The van der Waals surface area contributed by atoms with Crippen LogP contribution < -0.4 is 10.5 Å². The molecule has 1 aliphatic heterocycles. The number of halogens is 2. The second-order valence-corrected chi connectivity index (χ2v) is 7.05. The fourth-order valence-corrected chi connectivity index (χ4v) is 3.58. The van der Waals surface area contributed by atoms with Crippen LogP contribution in [0.5, 0.6) is 0 Å². The highest BCUT2D eigenvalue weighted by Gasteiger charge is 2.32. The summed E-state index contributed by atoms with van der Waals surface area (Å²) in [5.74, 6) is -3.03. The Labute approximate surface area is 148 Å². The minimum atomic E-state index is -1.39. The van der Waals surface area contributed by atoms with Crippen LogP contribution in [-0.4, -0.2) is 53.6 Å². The zero-order chi connectivity index (χ0) is 18.6. The largest absolute Gasteiger partial charge is 0.477 e. The van der Waals surface area contributed by atoms with E-state index in [-0.39, 0.29) is 17.1 Å². The van der Waals surface area contributed by atoms with Crippen LogP contribution in [-0.2, 0) is 0 Å². The van der Waals surface area contributed by atoms with Gasteiger partial charge in [0.15, 0.2) is 11.6 Å². The third kappa shape index (κ3) is 2.65. The number of rotatable bonds is 3. The van der Waals surface area contributed by atoms with Gasteiger partial charge < -0.3 is 14.9 Å². The van der Waals surface area contributed by atoms with Crippen molar-refractivity contribution in [2.45, 2.75) is 18.8 Å². The first-order valence-corrected chi connectivity index (χ1v) is 8.62. The molecule has 8 heteroatoms. The number of likely N-dealkylation sites (N-methyl/N-ethyl adjacent to an activating group) is 1. The summed E-state index contributed by atoms with van der Waals surface area (Å²) in [5, 5.41) is 9.26. The summed E-state index contributed by atoms with van der Waals surface area (Å²) in [6, 6.07) is 1.26. The molecule has 0 spiro atoms. The third-order valence-electron chi connectivity index (χ3n) is 5.21. The second-order valence-electron chi connectivity index (χ2n) is 7.05. The van der Waals surface area contributed by atoms with Gasteiger partial charge in [0.05, 0.1) is 11.7 Å². The van der Waals surface area contributed by atoms with Crippen LogP contribution in [0.3, 0.4) is 0 Å². The Balaban J connectivity index is 1.97. The number of piperazine rings is 1. The number of anilines is 1. The van der Waals surface area contributed by atoms with Crippen LogP contribution in [0.15, 0.2) is 17.1 Å². The van der Waals surface area contributed by atoms with Crippen LogP contribution in [0.25, 0.3) is 5.52 Å². The number of aromatic carboxylic acids is 1. The van der Waals surface area contributed by atoms with Crippen molar-refractivity contribution in [2.75, 3.05) is 38.1 Å². The van der Waals surface area contributed by atoms with E-state index in [0.717, 1.165) is 23.4 Å². The minimum absolute atomic E-state index is 0.00201. The lowest BCUT2D eigenvalue weighted by atomic mass is 10.1. The van der Waals surface area contributed by atoms with E-state index < -0.39 is 28.7 Å². The summed E-state index contributed by atoms with van der Waals surface area (Å²) in [4.78, 5) is 27.5. The molecule has 1 aliphatic carbocycles. The predicted molar refractivity (Wildman–Crippen MR) is 92.2 cm³/mol. The van der Waals surface area contributed by atoms with E-state index in [2.05, 4.69) is 4.90 Å². The number of hydrogen-bond acceptors (Lipinski definition) is 4. The van der Waals surface area contributed by atoms with E-state index in [1.54, 1.807) is 4.90 Å². The number of carbonyl (C=O) groups is 1. The van der Waals surface area contributed by atoms with Gasteiger partial charge in [-0.3, -0.25) is 9.20 Å². The maximum absolute atomic E-state index is 15.4. The number of carboxylic acid groups (broad SMARTS) is 1. The molecule has 0 atom stereocenters. The fourth-order valence-electron chi connectivity index (χ4n) is 3.58. The number of pyridine rings is 2. The molecule has 138 valence electrons. The molecule has 6 nitrogen and oxygen atoms in total. The molecule has 0 bridgehead atoms. The Morgan fingerprint density at radius 3 is 2.42 bits per heavy atom. The Morgan fingerprint density at radius 2 is 1.85 bits per heavy atom. The van der Waals surface area contributed by atoms with E-state index in [9.17, 15) is 19.1 Å². The van der Waals surface area contributed by atoms with Crippen molar-refractivity contribution in [1.82, 2.24) is 9.30 Å². The molecule has 1 saturated heterocycles. The SMILES string of the molecule is CN1CCN(c2c(F)cn3c(=O)c(C(=O)O)cc(C4CC4)c3c2F)CC1. The molecule has 1 N–H and O–H groups in total. The van der Waals surface area contributed by atoms with Crippen molar-refractivity contribution < 1.29 is 18.7 Å². The molecule has 0 unspecified atom stereocenters. The maximum Gasteiger partial charge on any atom is 0.341 e. The Bertz CT molecular complexity index is 961. The second kappa shape index (κ2) is 6.05. The van der Waals surface area contributed by atoms with Crippen molar-refractivity contribution >= 4 is 17.2 Å². The van der Waals surface area contributed by atoms with Crippen molar-refractivity contribution in [3.63, 3.8) is 0 Å². The van der Waals surface area contributed by atoms with Gasteiger partial charge in [0.25, 0.3) is 5.56 Å². The van der Waals surface area contributed by atoms with E-state index >= 15 is 4.39 Å². The lowest BCUT2D eigenvalue weighted by molar-refractivity contribution is 0.0694. The summed E-state index contributed by atoms with van der Waals surface area (Å²) >= 11 is 0. The molecule has 2 aliphatic rings. The first-order valence-electron chi connectivity index (χ1n) is 8.62. The molecular weight excluding hydrogens is 344 g/mol. The molecule has 0 amide bonds. The number of nitrogens with zero attached hydrogens (tertiary/aromatic N) is 3. The van der Waals surface area contributed by atoms with Crippen molar-refractivity contribution in [3.05, 3.63) is 45.4 Å². The zero-order valence-corrected chi connectivity index (χ0v) is 14.3. The van der Waals surface area contributed by atoms with Crippen LogP contribution in [0.1, 0.15) is 34.7 Å². The van der Waals surface area contributed by atoms with Gasteiger partial charge in [0, 0.05) is 26.2 Å². The number of aromatic nitrogens is 1. The summed E-state index contributed by atoms with van der Waals surface area (Å²) in [6.45, 7) is 2.34. The molecule has 3 heterocycles. The summed E-state index contributed by atoms with van der Waals surface area (Å²) < 4.78 is 30.9. The maximum atomic E-state index is 15.4. The van der Waals surface area contributed by atoms with Gasteiger partial charge >= 0.3 is 5.97 Å². The lowest BCUT2D eigenvalue weighted by Crippen LogP contribution is -2.45. The van der Waals surface area contributed by atoms with Gasteiger partial charge in [0.1, 0.15) is 11.3 Å². The van der Waals surface area contributed by atoms with Crippen molar-refractivity contribution in [1.29, 1.82) is 0 Å². The van der Waals surface area contributed by atoms with Crippen LogP contribution >= 0.6 is 0 Å². The highest BCUT2D eigenvalue weighted by molar-refractivity contribution is 5.88. The van der Waals surface area contributed by atoms with Gasteiger partial charge in [-0.15, -0.1) is 0 Å². The Morgan fingerprint density at radius 1 is 1.19 bits per heavy atom. The zero-order valence-electron chi connectivity index (χ0n) is 14.3. The number of fused-ring (bicyclic) bond motifs is 1. The monoisotopic (exact) mass is 363 g/mol. The van der Waals surface area contributed by atoms with Gasteiger partial charge in [0.2, 0.25) is 0 Å². The molecule has 0 aromatic carbocycles.